The summed E-state index contributed by atoms with van der Waals surface area (Å²) in [5.41, 5.74) is 2.71. The lowest BCUT2D eigenvalue weighted by Gasteiger charge is -2.59. The maximum absolute atomic E-state index is 14.2. The maximum Gasteiger partial charge on any atom is 0.410 e. The molecule has 0 saturated heterocycles. The number of benzene rings is 2. The molecule has 15 heteroatoms. The van der Waals surface area contributed by atoms with Crippen molar-refractivity contribution in [2.24, 2.45) is 22.9 Å². The smallest absolute Gasteiger partial charge is 0.410 e. The van der Waals surface area contributed by atoms with Crippen LogP contribution >= 0.6 is 0 Å². The zero-order valence-electron chi connectivity index (χ0n) is 33.0. The summed E-state index contributed by atoms with van der Waals surface area (Å²) in [5, 5.41) is 56.0. The molecule has 1 aliphatic heterocycles. The van der Waals surface area contributed by atoms with Crippen LogP contribution in [0.15, 0.2) is 84.6 Å². The van der Waals surface area contributed by atoms with Gasteiger partial charge in [-0.1, -0.05) is 36.2 Å². The second-order valence-corrected chi connectivity index (χ2v) is 14.7. The van der Waals surface area contributed by atoms with Crippen molar-refractivity contribution in [1.29, 1.82) is 0 Å². The molecular weight excluding hydrogens is 750 g/mol. The van der Waals surface area contributed by atoms with Crippen molar-refractivity contribution >= 4 is 17.5 Å². The molecule has 2 aliphatic carbocycles. The summed E-state index contributed by atoms with van der Waals surface area (Å²) < 4.78 is 25.4. The molecule has 58 heavy (non-hydrogen) atoms. The molecule has 6 atom stereocenters. The Bertz CT molecular complexity index is 1750. The van der Waals surface area contributed by atoms with Gasteiger partial charge in [0.05, 0.1) is 49.6 Å². The number of aliphatic hydroxyl groups is 3. The summed E-state index contributed by atoms with van der Waals surface area (Å²) in [4.78, 5) is 32.6. The number of non-ortho nitro benzene ring substituents is 1. The van der Waals surface area contributed by atoms with Crippen molar-refractivity contribution in [1.82, 2.24) is 4.90 Å². The molecule has 0 radical (unpaired) electrons. The fourth-order valence-electron chi connectivity index (χ4n) is 8.57. The van der Waals surface area contributed by atoms with Crippen LogP contribution in [-0.4, -0.2) is 107 Å². The summed E-state index contributed by atoms with van der Waals surface area (Å²) in [6, 6.07) is 10.1. The molecule has 2 aromatic rings. The Morgan fingerprint density at radius 2 is 1.76 bits per heavy atom. The van der Waals surface area contributed by atoms with Gasteiger partial charge in [-0.15, -0.1) is 13.2 Å². The van der Waals surface area contributed by atoms with Crippen LogP contribution in [0, 0.1) is 27.9 Å². The summed E-state index contributed by atoms with van der Waals surface area (Å²) in [7, 11) is 0. The lowest BCUT2D eigenvalue weighted by molar-refractivity contribution is -0.384. The molecular formula is C43H57N3O12. The number of fused-ring (bicyclic) bond motifs is 2. The maximum atomic E-state index is 14.2. The van der Waals surface area contributed by atoms with E-state index >= 15 is 0 Å². The van der Waals surface area contributed by atoms with Crippen LogP contribution in [0.5, 0.6) is 11.5 Å². The number of rotatable bonds is 24. The molecule has 2 aromatic carbocycles. The summed E-state index contributed by atoms with van der Waals surface area (Å²) in [6.45, 7) is 7.87. The number of nitro benzene ring substituents is 1. The van der Waals surface area contributed by atoms with E-state index in [1.807, 2.05) is 0 Å². The molecule has 5 rings (SSSR count). The first kappa shape index (κ1) is 44.3. The molecule has 1 saturated carbocycles. The third kappa shape index (κ3) is 10.4. The minimum absolute atomic E-state index is 0.00483. The number of hydrogen-bond acceptors (Lipinski definition) is 13. The van der Waals surface area contributed by atoms with Crippen molar-refractivity contribution in [2.75, 3.05) is 52.8 Å². The number of hydrogen-bond donors (Lipinski definition) is 4. The number of amides is 1. The Hall–Kier alpha value is -4.80. The quantitative estimate of drug-likeness (QED) is 0.0408. The third-order valence-corrected chi connectivity index (χ3v) is 11.1. The molecule has 1 amide bonds. The molecule has 0 unspecified atom stereocenters. The van der Waals surface area contributed by atoms with Crippen LogP contribution in [0.4, 0.5) is 10.5 Å². The van der Waals surface area contributed by atoms with Crippen LogP contribution in [0.2, 0.25) is 0 Å². The van der Waals surface area contributed by atoms with Crippen LogP contribution in [0.3, 0.4) is 0 Å². The van der Waals surface area contributed by atoms with E-state index in [1.165, 1.54) is 17.0 Å². The summed E-state index contributed by atoms with van der Waals surface area (Å²) in [5.74, 6) is -2.02. The number of aliphatic hydroxyl groups excluding tert-OH is 3. The van der Waals surface area contributed by atoms with Gasteiger partial charge in [0, 0.05) is 49.8 Å². The topological polar surface area (TPSA) is 203 Å². The number of aromatic hydroxyl groups is 1. The van der Waals surface area contributed by atoms with E-state index in [1.54, 1.807) is 42.5 Å². The first-order valence-corrected chi connectivity index (χ1v) is 20.1. The summed E-state index contributed by atoms with van der Waals surface area (Å²) in [6.07, 6.45) is 9.50. The fourth-order valence-corrected chi connectivity index (χ4v) is 8.57. The van der Waals surface area contributed by atoms with Crippen LogP contribution in [-0.2, 0) is 25.7 Å². The van der Waals surface area contributed by atoms with E-state index in [-0.39, 0.29) is 95.0 Å². The van der Waals surface area contributed by atoms with Gasteiger partial charge in [-0.2, -0.15) is 0 Å². The predicted octanol–water partition coefficient (Wildman–Crippen LogP) is 6.16. The first-order valence-electron chi connectivity index (χ1n) is 20.1. The normalized spacial score (nSPS) is 23.8. The largest absolute Gasteiger partial charge is 0.508 e. The standard InChI is InChI=1S/C43H57N3O12/c1-3-5-23-55-42(51)45(18-24-54-25-21-49)39-28-37(44-57-29-30-12-14-32(15-13-30)46(52)53)35-26-31(10-6-8-19-47)34(11-7-9-20-48)40-36-27-33(50)16-17-38(36)58-43(39,41(35)40)56-22-4-2/h3-4,12-17,26-27,31,34,39-41,47-50H,1-2,5-11,18-25,28-29H2/t31-,34+,39-,40+,41+,43+/m0/s1. The molecule has 1 fully saturated rings. The second-order valence-electron chi connectivity index (χ2n) is 14.7. The monoisotopic (exact) mass is 807 g/mol. The SMILES string of the molecule is C=CCCOC(=O)N(CCOCCO)[C@H]1CC(=NOCc2ccc([N+](=O)[O-])cc2)C2=C[C@H](CCCCO)[C@@H](CCCCO)[C@@H]3c4cc(O)ccc4O[C@@]1(OCC=C)[C@H]23. The van der Waals surface area contributed by atoms with Gasteiger partial charge in [-0.3, -0.25) is 15.0 Å². The number of unbranched alkanes of at least 4 members (excludes halogenated alkanes) is 2. The van der Waals surface area contributed by atoms with E-state index in [0.717, 1.165) is 36.8 Å². The van der Waals surface area contributed by atoms with Gasteiger partial charge in [0.15, 0.2) is 0 Å². The number of ether oxygens (including phenoxy) is 4. The van der Waals surface area contributed by atoms with Gasteiger partial charge in [-0.25, -0.2) is 4.79 Å². The molecule has 0 aromatic heterocycles. The van der Waals surface area contributed by atoms with Crippen molar-refractivity contribution in [2.45, 2.75) is 75.7 Å². The number of nitrogens with zero attached hydrogens (tertiary/aromatic N) is 3. The fraction of sp³-hybridized carbons (Fsp3) is 0.535. The van der Waals surface area contributed by atoms with Gasteiger partial charge in [-0.05, 0) is 85.4 Å². The van der Waals surface area contributed by atoms with Gasteiger partial charge in [0.2, 0.25) is 5.79 Å². The minimum Gasteiger partial charge on any atom is -0.508 e. The molecule has 15 nitrogen and oxygen atoms in total. The Balaban J connectivity index is 1.72. The lowest BCUT2D eigenvalue weighted by atomic mass is 9.55. The lowest BCUT2D eigenvalue weighted by Crippen LogP contribution is -2.70. The van der Waals surface area contributed by atoms with Crippen LogP contribution in [0.25, 0.3) is 0 Å². The van der Waals surface area contributed by atoms with Crippen molar-refractivity contribution in [3.8, 4) is 11.5 Å². The highest BCUT2D eigenvalue weighted by molar-refractivity contribution is 6.03. The Labute approximate surface area is 339 Å². The Kier molecular flexibility index (Phi) is 16.7. The average molecular weight is 808 g/mol. The van der Waals surface area contributed by atoms with Crippen molar-refractivity contribution in [3.05, 3.63) is 101 Å². The van der Waals surface area contributed by atoms with Gasteiger partial charge in [0.1, 0.15) is 24.1 Å². The number of carbonyl (C=O) groups is 1. The molecule has 0 spiro atoms. The number of oxime groups is 1. The minimum atomic E-state index is -1.55. The van der Waals surface area contributed by atoms with Gasteiger partial charge < -0.3 is 44.2 Å². The highest BCUT2D eigenvalue weighted by Gasteiger charge is 2.65. The summed E-state index contributed by atoms with van der Waals surface area (Å²) >= 11 is 0. The number of phenolic OH excluding ortho intramolecular Hbond substituents is 1. The number of phenols is 1. The third-order valence-electron chi connectivity index (χ3n) is 11.1. The highest BCUT2D eigenvalue weighted by Crippen LogP contribution is 2.61. The number of nitro groups is 1. The second kappa shape index (κ2) is 21.8. The Morgan fingerprint density at radius 3 is 2.45 bits per heavy atom. The average Bonchev–Trinajstić information content (AvgIpc) is 3.22. The molecule has 4 N–H and O–H groups in total. The molecule has 3 aliphatic rings. The molecule has 316 valence electrons. The number of allylic oxidation sites excluding steroid dienone is 1. The van der Waals surface area contributed by atoms with E-state index < -0.39 is 28.8 Å². The van der Waals surface area contributed by atoms with E-state index in [0.29, 0.717) is 36.3 Å². The predicted molar refractivity (Wildman–Crippen MR) is 215 cm³/mol. The zero-order valence-corrected chi connectivity index (χ0v) is 33.0. The number of carbonyl (C=O) groups excluding carboxylic acids is 1. The van der Waals surface area contributed by atoms with Crippen LogP contribution in [0.1, 0.15) is 68.4 Å². The zero-order chi connectivity index (χ0) is 41.5. The van der Waals surface area contributed by atoms with E-state index in [4.69, 9.17) is 28.9 Å². The van der Waals surface area contributed by atoms with Crippen LogP contribution < -0.4 is 4.74 Å². The Morgan fingerprint density at radius 1 is 1.00 bits per heavy atom. The first-order chi connectivity index (χ1) is 28.2. The highest BCUT2D eigenvalue weighted by atomic mass is 16.7. The van der Waals surface area contributed by atoms with Gasteiger partial charge >= 0.3 is 6.09 Å². The van der Waals surface area contributed by atoms with E-state index in [9.17, 15) is 35.3 Å². The van der Waals surface area contributed by atoms with Crippen molar-refractivity contribution in [3.63, 3.8) is 0 Å². The van der Waals surface area contributed by atoms with Crippen molar-refractivity contribution < 1.29 is 53.9 Å². The molecule has 1 heterocycles. The van der Waals surface area contributed by atoms with Gasteiger partial charge in [0.25, 0.3) is 5.69 Å². The molecule has 0 bridgehead atoms. The van der Waals surface area contributed by atoms with E-state index in [2.05, 4.69) is 19.2 Å².